The van der Waals surface area contributed by atoms with Crippen LogP contribution < -0.4 is 0 Å². The third-order valence-electron chi connectivity index (χ3n) is 2.58. The van der Waals surface area contributed by atoms with E-state index < -0.39 is 6.10 Å². The Balaban J connectivity index is 2.43. The van der Waals surface area contributed by atoms with Gasteiger partial charge in [-0.2, -0.15) is 0 Å². The molecule has 4 heteroatoms. The van der Waals surface area contributed by atoms with Crippen LogP contribution in [0.4, 0.5) is 4.39 Å². The zero-order chi connectivity index (χ0) is 13.3. The van der Waals surface area contributed by atoms with Crippen LogP contribution in [0.3, 0.4) is 0 Å². The van der Waals surface area contributed by atoms with Crippen molar-refractivity contribution in [3.63, 3.8) is 0 Å². The normalized spacial score (nSPS) is 12.5. The summed E-state index contributed by atoms with van der Waals surface area (Å²) in [5.41, 5.74) is 1.76. The maximum Gasteiger partial charge on any atom is 0.123 e. The predicted molar refractivity (Wildman–Crippen MR) is 71.7 cm³/mol. The summed E-state index contributed by atoms with van der Waals surface area (Å²) in [6.45, 7) is 1.77. The molecule has 0 aromatic heterocycles. The number of rotatable bonds is 2. The molecule has 94 valence electrons. The molecule has 0 saturated carbocycles. The first-order valence-electron chi connectivity index (χ1n) is 5.37. The second-order valence-corrected chi connectivity index (χ2v) is 5.04. The van der Waals surface area contributed by atoms with Gasteiger partial charge in [-0.1, -0.05) is 29.3 Å². The summed E-state index contributed by atoms with van der Waals surface area (Å²) in [4.78, 5) is 0. The molecule has 0 aliphatic carbocycles. The van der Waals surface area contributed by atoms with Gasteiger partial charge in [0.15, 0.2) is 0 Å². The van der Waals surface area contributed by atoms with Crippen molar-refractivity contribution in [1.82, 2.24) is 0 Å². The monoisotopic (exact) mass is 284 g/mol. The second kappa shape index (κ2) is 5.27. The molecular formula is C14H11Cl2FO. The highest BCUT2D eigenvalue weighted by molar-refractivity contribution is 6.34. The van der Waals surface area contributed by atoms with E-state index in [4.69, 9.17) is 23.2 Å². The Labute approximate surface area is 115 Å². The Bertz CT molecular complexity index is 492. The summed E-state index contributed by atoms with van der Waals surface area (Å²) in [5, 5.41) is 11.1. The molecule has 0 radical (unpaired) electrons. The fourth-order valence-electron chi connectivity index (χ4n) is 1.85. The summed E-state index contributed by atoms with van der Waals surface area (Å²) in [6, 6.07) is 9.23. The molecule has 18 heavy (non-hydrogen) atoms. The minimum atomic E-state index is -0.949. The molecule has 0 bridgehead atoms. The Morgan fingerprint density at radius 1 is 0.944 bits per heavy atom. The quantitative estimate of drug-likeness (QED) is 0.860. The van der Waals surface area contributed by atoms with Crippen molar-refractivity contribution < 1.29 is 9.50 Å². The first-order chi connectivity index (χ1) is 8.45. The number of benzene rings is 2. The molecule has 1 nitrogen and oxygen atoms in total. The molecule has 0 aliphatic heterocycles. The smallest absolute Gasteiger partial charge is 0.123 e. The Kier molecular flexibility index (Phi) is 3.91. The zero-order valence-corrected chi connectivity index (χ0v) is 11.1. The molecule has 1 atom stereocenters. The molecule has 2 aromatic rings. The van der Waals surface area contributed by atoms with E-state index in [-0.39, 0.29) is 5.82 Å². The highest BCUT2D eigenvalue weighted by atomic mass is 35.5. The number of halogens is 3. The standard InChI is InChI=1S/C14H11Cl2FO/c1-8-2-9(6-13(17)3-8)14(18)10-4-11(15)7-12(16)5-10/h2-7,14,18H,1H3. The van der Waals surface area contributed by atoms with Gasteiger partial charge < -0.3 is 5.11 Å². The van der Waals surface area contributed by atoms with Gasteiger partial charge in [-0.25, -0.2) is 4.39 Å². The number of aliphatic hydroxyl groups is 1. The van der Waals surface area contributed by atoms with Crippen LogP contribution >= 0.6 is 23.2 Å². The number of aliphatic hydroxyl groups excluding tert-OH is 1. The first kappa shape index (κ1) is 13.3. The van der Waals surface area contributed by atoms with E-state index >= 15 is 0 Å². The minimum Gasteiger partial charge on any atom is -0.384 e. The molecule has 0 saturated heterocycles. The summed E-state index contributed by atoms with van der Waals surface area (Å²) < 4.78 is 13.3. The van der Waals surface area contributed by atoms with Gasteiger partial charge in [0.1, 0.15) is 11.9 Å². The SMILES string of the molecule is Cc1cc(F)cc(C(O)c2cc(Cl)cc(Cl)c2)c1. The fraction of sp³-hybridized carbons (Fsp3) is 0.143. The summed E-state index contributed by atoms with van der Waals surface area (Å²) in [7, 11) is 0. The number of hydrogen-bond acceptors (Lipinski definition) is 1. The topological polar surface area (TPSA) is 20.2 Å². The Morgan fingerprint density at radius 2 is 1.50 bits per heavy atom. The Hall–Kier alpha value is -1.09. The number of aryl methyl sites for hydroxylation is 1. The molecule has 2 aromatic carbocycles. The largest absolute Gasteiger partial charge is 0.384 e. The molecule has 0 aliphatic rings. The van der Waals surface area contributed by atoms with E-state index in [1.165, 1.54) is 12.1 Å². The van der Waals surface area contributed by atoms with Crippen molar-refractivity contribution in [1.29, 1.82) is 0 Å². The third-order valence-corrected chi connectivity index (χ3v) is 3.02. The van der Waals surface area contributed by atoms with Crippen LogP contribution in [-0.2, 0) is 0 Å². The van der Waals surface area contributed by atoms with Gasteiger partial charge in [-0.15, -0.1) is 0 Å². The first-order valence-corrected chi connectivity index (χ1v) is 6.12. The lowest BCUT2D eigenvalue weighted by molar-refractivity contribution is 0.219. The molecule has 0 amide bonds. The predicted octanol–water partition coefficient (Wildman–Crippen LogP) is 4.52. The van der Waals surface area contributed by atoms with Crippen molar-refractivity contribution in [3.8, 4) is 0 Å². The maximum absolute atomic E-state index is 13.3. The van der Waals surface area contributed by atoms with Crippen molar-refractivity contribution in [2.24, 2.45) is 0 Å². The number of hydrogen-bond donors (Lipinski definition) is 1. The molecule has 1 N–H and O–H groups in total. The average Bonchev–Trinajstić information content (AvgIpc) is 2.25. The van der Waals surface area contributed by atoms with Gasteiger partial charge in [0.25, 0.3) is 0 Å². The van der Waals surface area contributed by atoms with Crippen LogP contribution in [0.5, 0.6) is 0 Å². The second-order valence-electron chi connectivity index (χ2n) is 4.17. The fourth-order valence-corrected chi connectivity index (χ4v) is 2.39. The van der Waals surface area contributed by atoms with Crippen LogP contribution in [-0.4, -0.2) is 5.11 Å². The maximum atomic E-state index is 13.3. The lowest BCUT2D eigenvalue weighted by Gasteiger charge is -2.13. The van der Waals surface area contributed by atoms with Crippen LogP contribution in [0.1, 0.15) is 22.8 Å². The average molecular weight is 285 g/mol. The summed E-state index contributed by atoms with van der Waals surface area (Å²) in [5.74, 6) is -0.378. The molecule has 2 rings (SSSR count). The van der Waals surface area contributed by atoms with Crippen LogP contribution in [0.25, 0.3) is 0 Å². The molecule has 1 unspecified atom stereocenters. The van der Waals surface area contributed by atoms with Crippen LogP contribution in [0.2, 0.25) is 10.0 Å². The lowest BCUT2D eigenvalue weighted by atomic mass is 10.00. The molecule has 0 heterocycles. The van der Waals surface area contributed by atoms with Gasteiger partial charge >= 0.3 is 0 Å². The van der Waals surface area contributed by atoms with E-state index in [0.717, 1.165) is 5.56 Å². The van der Waals surface area contributed by atoms with Gasteiger partial charge in [-0.05, 0) is 53.9 Å². The van der Waals surface area contributed by atoms with Crippen molar-refractivity contribution in [3.05, 3.63) is 69.0 Å². The molecule has 0 spiro atoms. The van der Waals surface area contributed by atoms with E-state index in [1.54, 1.807) is 31.2 Å². The van der Waals surface area contributed by atoms with Crippen molar-refractivity contribution >= 4 is 23.2 Å². The van der Waals surface area contributed by atoms with Crippen molar-refractivity contribution in [2.45, 2.75) is 13.0 Å². The van der Waals surface area contributed by atoms with Gasteiger partial charge in [0.2, 0.25) is 0 Å². The minimum absolute atomic E-state index is 0.378. The van der Waals surface area contributed by atoms with E-state index in [1.807, 2.05) is 0 Å². The van der Waals surface area contributed by atoms with Crippen molar-refractivity contribution in [2.75, 3.05) is 0 Å². The lowest BCUT2D eigenvalue weighted by Crippen LogP contribution is -2.01. The van der Waals surface area contributed by atoms with Gasteiger partial charge in [0.05, 0.1) is 0 Å². The summed E-state index contributed by atoms with van der Waals surface area (Å²) >= 11 is 11.7. The highest BCUT2D eigenvalue weighted by Gasteiger charge is 2.13. The highest BCUT2D eigenvalue weighted by Crippen LogP contribution is 2.28. The zero-order valence-electron chi connectivity index (χ0n) is 9.62. The van der Waals surface area contributed by atoms with Gasteiger partial charge in [0, 0.05) is 10.0 Å². The van der Waals surface area contributed by atoms with E-state index in [2.05, 4.69) is 0 Å². The Morgan fingerprint density at radius 3 is 2.06 bits per heavy atom. The molecular weight excluding hydrogens is 274 g/mol. The van der Waals surface area contributed by atoms with Crippen LogP contribution in [0, 0.1) is 12.7 Å². The van der Waals surface area contributed by atoms with E-state index in [9.17, 15) is 9.50 Å². The third kappa shape index (κ3) is 3.02. The van der Waals surface area contributed by atoms with E-state index in [0.29, 0.717) is 21.2 Å². The van der Waals surface area contributed by atoms with Gasteiger partial charge in [-0.3, -0.25) is 0 Å². The molecule has 0 fully saturated rings. The van der Waals surface area contributed by atoms with Crippen LogP contribution in [0.15, 0.2) is 36.4 Å². The summed E-state index contributed by atoms with van der Waals surface area (Å²) in [6.07, 6.45) is -0.949.